The Labute approximate surface area is 76.2 Å². The predicted molar refractivity (Wildman–Crippen MR) is 51.1 cm³/mol. The molecule has 0 nitrogen and oxygen atoms in total. The van der Waals surface area contributed by atoms with E-state index in [0.29, 0.717) is 0 Å². The Kier molecular flexibility index (Phi) is 1.46. The Morgan fingerprint density at radius 3 is 1.60 bits per heavy atom. The highest BCUT2D eigenvalue weighted by Crippen LogP contribution is 2.47. The van der Waals surface area contributed by atoms with Gasteiger partial charge in [0, 0.05) is 8.96 Å². The summed E-state index contributed by atoms with van der Waals surface area (Å²) in [6.07, 6.45) is 0. The lowest BCUT2D eigenvalue weighted by molar-refractivity contribution is 1.56. The van der Waals surface area contributed by atoms with Gasteiger partial charge in [-0.3, -0.25) is 0 Å². The molecule has 0 unspecified atom stereocenters. The van der Waals surface area contributed by atoms with Crippen LogP contribution in [0.15, 0.2) is 24.3 Å². The first-order valence-corrected chi connectivity index (χ1v) is 4.54. The van der Waals surface area contributed by atoms with Gasteiger partial charge in [0.1, 0.15) is 0 Å². The largest absolute Gasteiger partial charge is 0.0616 e. The van der Waals surface area contributed by atoms with Gasteiger partial charge in [-0.15, -0.1) is 0 Å². The summed E-state index contributed by atoms with van der Waals surface area (Å²) in [6, 6.07) is 8.29. The second-order valence-corrected chi connectivity index (χ2v) is 3.76. The first-order valence-electron chi connectivity index (χ1n) is 2.96. The number of benzene rings is 1. The molecule has 1 aromatic rings. The fourth-order valence-electron chi connectivity index (χ4n) is 1.04. The van der Waals surface area contributed by atoms with E-state index in [1.54, 1.807) is 0 Å². The maximum Gasteiger partial charge on any atom is 0.0402 e. The predicted octanol–water partition coefficient (Wildman–Crippen LogP) is 3.62. The van der Waals surface area contributed by atoms with Crippen molar-refractivity contribution in [2.75, 3.05) is 0 Å². The van der Waals surface area contributed by atoms with Gasteiger partial charge in [0.05, 0.1) is 0 Å². The van der Waals surface area contributed by atoms with E-state index in [1.807, 2.05) is 12.1 Å². The zero-order valence-electron chi connectivity index (χ0n) is 5.07. The molecule has 0 atom stereocenters. The van der Waals surface area contributed by atoms with Gasteiger partial charge in [0.15, 0.2) is 0 Å². The minimum Gasteiger partial charge on any atom is -0.0616 e. The zero-order valence-corrected chi connectivity index (χ0v) is 8.24. The number of rotatable bonds is 0. The number of hydrogen-bond donors (Lipinski definition) is 0. The van der Waals surface area contributed by atoms with E-state index in [9.17, 15) is 0 Å². The number of hydrogen-bond acceptors (Lipinski definition) is 0. The number of halogens is 2. The summed E-state index contributed by atoms with van der Waals surface area (Å²) in [5.74, 6) is 0. The summed E-state index contributed by atoms with van der Waals surface area (Å²) in [4.78, 5) is 0. The van der Waals surface area contributed by atoms with E-state index in [4.69, 9.17) is 0 Å². The molecule has 1 aliphatic rings. The van der Waals surface area contributed by atoms with Crippen molar-refractivity contribution < 1.29 is 0 Å². The highest BCUT2D eigenvalue weighted by atomic mass is 79.9. The lowest BCUT2D eigenvalue weighted by Crippen LogP contribution is -1.96. The van der Waals surface area contributed by atoms with Crippen LogP contribution in [0.2, 0.25) is 0 Å². The monoisotopic (exact) mass is 258 g/mol. The Morgan fingerprint density at radius 2 is 1.20 bits per heavy atom. The summed E-state index contributed by atoms with van der Waals surface area (Å²) < 4.78 is 2.37. The molecular formula is C8H4Br2. The van der Waals surface area contributed by atoms with E-state index in [1.165, 1.54) is 20.1 Å². The molecule has 0 N–H and O–H groups in total. The van der Waals surface area contributed by atoms with Crippen molar-refractivity contribution in [1.82, 2.24) is 0 Å². The Bertz CT molecular complexity index is 282. The standard InChI is InChI=1S/C8H4Br2/c9-7-5-3-1-2-4-6(5)8(7)10/h1-4H. The Morgan fingerprint density at radius 1 is 0.800 bits per heavy atom. The molecule has 10 heavy (non-hydrogen) atoms. The molecule has 50 valence electrons. The fourth-order valence-corrected chi connectivity index (χ4v) is 2.16. The molecule has 0 aromatic heterocycles. The lowest BCUT2D eigenvalue weighted by atomic mass is 9.98. The van der Waals surface area contributed by atoms with E-state index < -0.39 is 0 Å². The van der Waals surface area contributed by atoms with Crippen LogP contribution in [0.3, 0.4) is 0 Å². The SMILES string of the molecule is BrC1=C(Br)c2ccccc21. The summed E-state index contributed by atoms with van der Waals surface area (Å²) in [7, 11) is 0. The summed E-state index contributed by atoms with van der Waals surface area (Å²) in [5.41, 5.74) is 2.60. The Hall–Kier alpha value is -0.0800. The van der Waals surface area contributed by atoms with Crippen LogP contribution in [0.25, 0.3) is 8.96 Å². The van der Waals surface area contributed by atoms with Crippen LogP contribution in [0.4, 0.5) is 0 Å². The first-order chi connectivity index (χ1) is 4.80. The molecule has 0 aliphatic heterocycles. The lowest BCUT2D eigenvalue weighted by Gasteiger charge is -2.18. The van der Waals surface area contributed by atoms with Crippen LogP contribution in [-0.4, -0.2) is 0 Å². The van der Waals surface area contributed by atoms with Crippen molar-refractivity contribution in [2.24, 2.45) is 0 Å². The van der Waals surface area contributed by atoms with Crippen LogP contribution in [0.1, 0.15) is 11.1 Å². The first kappa shape index (κ1) is 6.62. The molecule has 0 radical (unpaired) electrons. The van der Waals surface area contributed by atoms with Crippen LogP contribution in [-0.2, 0) is 0 Å². The van der Waals surface area contributed by atoms with Crippen molar-refractivity contribution in [3.8, 4) is 0 Å². The van der Waals surface area contributed by atoms with Crippen LogP contribution < -0.4 is 0 Å². The van der Waals surface area contributed by atoms with E-state index in [0.717, 1.165) is 0 Å². The molecule has 1 aromatic carbocycles. The van der Waals surface area contributed by atoms with Crippen molar-refractivity contribution in [3.63, 3.8) is 0 Å². The van der Waals surface area contributed by atoms with E-state index in [-0.39, 0.29) is 0 Å². The van der Waals surface area contributed by atoms with Crippen LogP contribution in [0.5, 0.6) is 0 Å². The number of fused-ring (bicyclic) bond motifs is 1. The van der Waals surface area contributed by atoms with Gasteiger partial charge in [-0.05, 0) is 43.0 Å². The third-order valence-electron chi connectivity index (χ3n) is 1.59. The average Bonchev–Trinajstić information content (AvgIpc) is 2.03. The molecule has 0 amide bonds. The molecule has 0 bridgehead atoms. The molecule has 0 saturated carbocycles. The summed E-state index contributed by atoms with van der Waals surface area (Å²) >= 11 is 6.91. The topological polar surface area (TPSA) is 0 Å². The highest BCUT2D eigenvalue weighted by molar-refractivity contribution is 9.18. The summed E-state index contributed by atoms with van der Waals surface area (Å²) in [5, 5.41) is 0. The molecule has 0 heterocycles. The molecule has 0 saturated heterocycles. The zero-order chi connectivity index (χ0) is 7.14. The maximum atomic E-state index is 3.46. The molecule has 2 heteroatoms. The van der Waals surface area contributed by atoms with Crippen LogP contribution in [0, 0.1) is 0 Å². The van der Waals surface area contributed by atoms with Crippen molar-refractivity contribution in [2.45, 2.75) is 0 Å². The van der Waals surface area contributed by atoms with Gasteiger partial charge in [-0.2, -0.15) is 0 Å². The second kappa shape index (κ2) is 2.21. The van der Waals surface area contributed by atoms with Gasteiger partial charge in [0.25, 0.3) is 0 Å². The molecular weight excluding hydrogens is 256 g/mol. The van der Waals surface area contributed by atoms with Gasteiger partial charge in [0.2, 0.25) is 0 Å². The van der Waals surface area contributed by atoms with Crippen molar-refractivity contribution >= 4 is 40.8 Å². The third kappa shape index (κ3) is 0.722. The average molecular weight is 260 g/mol. The minimum absolute atomic E-state index is 1.18. The third-order valence-corrected chi connectivity index (χ3v) is 3.77. The van der Waals surface area contributed by atoms with Gasteiger partial charge in [-0.25, -0.2) is 0 Å². The quantitative estimate of drug-likeness (QED) is 0.668. The van der Waals surface area contributed by atoms with Crippen molar-refractivity contribution in [3.05, 3.63) is 35.4 Å². The highest BCUT2D eigenvalue weighted by Gasteiger charge is 2.20. The van der Waals surface area contributed by atoms with E-state index in [2.05, 4.69) is 44.0 Å². The molecule has 0 fully saturated rings. The summed E-state index contributed by atoms with van der Waals surface area (Å²) in [6.45, 7) is 0. The van der Waals surface area contributed by atoms with Crippen molar-refractivity contribution in [1.29, 1.82) is 0 Å². The van der Waals surface area contributed by atoms with Gasteiger partial charge in [-0.1, -0.05) is 24.3 Å². The molecule has 1 aliphatic carbocycles. The minimum atomic E-state index is 1.18. The van der Waals surface area contributed by atoms with E-state index >= 15 is 0 Å². The smallest absolute Gasteiger partial charge is 0.0402 e. The Balaban J connectivity index is 2.62. The second-order valence-electron chi connectivity index (χ2n) is 2.17. The van der Waals surface area contributed by atoms with Gasteiger partial charge < -0.3 is 0 Å². The fraction of sp³-hybridized carbons (Fsp3) is 0. The van der Waals surface area contributed by atoms with Crippen LogP contribution >= 0.6 is 31.9 Å². The normalized spacial score (nSPS) is 14.6. The van der Waals surface area contributed by atoms with Gasteiger partial charge >= 0.3 is 0 Å². The molecule has 0 spiro atoms. The molecule has 2 rings (SSSR count). The maximum absolute atomic E-state index is 3.46.